The molecule has 12 heteroatoms. The Kier molecular flexibility index (Phi) is 6.46. The Labute approximate surface area is 195 Å². The van der Waals surface area contributed by atoms with Gasteiger partial charge in [-0.3, -0.25) is 0 Å². The first kappa shape index (κ1) is 23.0. The number of aromatic nitrogens is 3. The predicted octanol–water partition coefficient (Wildman–Crippen LogP) is 7.04. The van der Waals surface area contributed by atoms with Crippen LogP contribution in [0.25, 0.3) is 11.3 Å². The number of benzene rings is 1. The third-order valence-corrected chi connectivity index (χ3v) is 6.82. The van der Waals surface area contributed by atoms with Crippen molar-refractivity contribution in [1.82, 2.24) is 15.0 Å². The predicted molar refractivity (Wildman–Crippen MR) is 118 cm³/mol. The summed E-state index contributed by atoms with van der Waals surface area (Å²) in [4.78, 5) is 14.0. The maximum Gasteiger partial charge on any atom is 0.417 e. The molecule has 1 aliphatic heterocycles. The third kappa shape index (κ3) is 4.77. The van der Waals surface area contributed by atoms with Crippen molar-refractivity contribution in [3.8, 4) is 11.3 Å². The summed E-state index contributed by atoms with van der Waals surface area (Å²) in [6.07, 6.45) is -1.61. The molecule has 0 aliphatic carbocycles. The second-order valence-corrected chi connectivity index (χ2v) is 9.23. The molecule has 1 fully saturated rings. The largest absolute Gasteiger partial charge is 0.417 e. The van der Waals surface area contributed by atoms with Crippen molar-refractivity contribution < 1.29 is 17.6 Å². The van der Waals surface area contributed by atoms with Crippen molar-refractivity contribution in [3.63, 3.8) is 0 Å². The minimum absolute atomic E-state index is 0.170. The van der Waals surface area contributed by atoms with Gasteiger partial charge in [0.2, 0.25) is 5.82 Å². The van der Waals surface area contributed by atoms with Crippen LogP contribution in [-0.2, 0) is 6.18 Å². The third-order valence-electron chi connectivity index (χ3n) is 5.20. The Morgan fingerprint density at radius 3 is 2.56 bits per heavy atom. The van der Waals surface area contributed by atoms with Gasteiger partial charge in [0, 0.05) is 18.7 Å². The molecule has 1 saturated heterocycles. The Hall–Kier alpha value is -2.17. The molecular formula is C20H17Cl2F4N5S. The van der Waals surface area contributed by atoms with Crippen LogP contribution < -0.4 is 10.2 Å². The summed E-state index contributed by atoms with van der Waals surface area (Å²) in [6.45, 7) is 3.64. The molecule has 0 bridgehead atoms. The van der Waals surface area contributed by atoms with Crippen LogP contribution in [-0.4, -0.2) is 28.0 Å². The Bertz CT molecular complexity index is 1130. The van der Waals surface area contributed by atoms with Crippen LogP contribution in [0.5, 0.6) is 0 Å². The van der Waals surface area contributed by atoms with Crippen molar-refractivity contribution in [2.45, 2.75) is 25.9 Å². The van der Waals surface area contributed by atoms with Crippen molar-refractivity contribution >= 4 is 50.5 Å². The van der Waals surface area contributed by atoms with Gasteiger partial charge < -0.3 is 10.2 Å². The van der Waals surface area contributed by atoms with E-state index in [0.29, 0.717) is 16.6 Å². The molecule has 0 amide bonds. The molecule has 1 aliphatic rings. The van der Waals surface area contributed by atoms with Gasteiger partial charge in [0.25, 0.3) is 0 Å². The van der Waals surface area contributed by atoms with Crippen molar-refractivity contribution in [2.75, 3.05) is 23.3 Å². The van der Waals surface area contributed by atoms with E-state index >= 15 is 0 Å². The van der Waals surface area contributed by atoms with Gasteiger partial charge in [0.05, 0.1) is 10.6 Å². The highest BCUT2D eigenvalue weighted by Gasteiger charge is 2.34. The van der Waals surface area contributed by atoms with E-state index in [9.17, 15) is 17.6 Å². The zero-order chi connectivity index (χ0) is 23.0. The SMILES string of the molecule is CC1CCN(c2sc(Nc3ncnc(Cl)c3F)nc2-c2ccc(Cl)c(C(F)(F)F)c2)CC1. The van der Waals surface area contributed by atoms with Crippen LogP contribution in [0.1, 0.15) is 25.3 Å². The van der Waals surface area contributed by atoms with E-state index in [2.05, 4.69) is 32.1 Å². The first-order chi connectivity index (χ1) is 15.1. The van der Waals surface area contributed by atoms with E-state index < -0.39 is 17.6 Å². The van der Waals surface area contributed by atoms with E-state index in [4.69, 9.17) is 23.2 Å². The Morgan fingerprint density at radius 2 is 1.88 bits per heavy atom. The molecule has 1 N–H and O–H groups in total. The number of piperidine rings is 1. The topological polar surface area (TPSA) is 53.9 Å². The minimum atomic E-state index is -4.61. The number of alkyl halides is 3. The number of hydrogen-bond donors (Lipinski definition) is 1. The molecule has 4 rings (SSSR count). The lowest BCUT2D eigenvalue weighted by Crippen LogP contribution is -2.32. The molecule has 0 radical (unpaired) electrons. The molecule has 32 heavy (non-hydrogen) atoms. The number of hydrogen-bond acceptors (Lipinski definition) is 6. The van der Waals surface area contributed by atoms with Gasteiger partial charge >= 0.3 is 6.18 Å². The number of halogens is 6. The van der Waals surface area contributed by atoms with E-state index in [0.717, 1.165) is 38.3 Å². The summed E-state index contributed by atoms with van der Waals surface area (Å²) in [5, 5.41) is 2.99. The first-order valence-electron chi connectivity index (χ1n) is 9.69. The van der Waals surface area contributed by atoms with Crippen LogP contribution in [0.3, 0.4) is 0 Å². The molecule has 3 aromatic rings. The Morgan fingerprint density at radius 1 is 1.16 bits per heavy atom. The fourth-order valence-corrected chi connectivity index (χ4v) is 4.80. The molecule has 0 unspecified atom stereocenters. The summed E-state index contributed by atoms with van der Waals surface area (Å²) >= 11 is 12.7. The molecular weight excluding hydrogens is 489 g/mol. The van der Waals surface area contributed by atoms with Crippen LogP contribution in [0.4, 0.5) is 33.5 Å². The fourth-order valence-electron chi connectivity index (χ4n) is 3.41. The van der Waals surface area contributed by atoms with Crippen LogP contribution >= 0.6 is 34.5 Å². The van der Waals surface area contributed by atoms with Crippen LogP contribution in [0.15, 0.2) is 24.5 Å². The average Bonchev–Trinajstić information content (AvgIpc) is 3.15. The first-order valence-corrected chi connectivity index (χ1v) is 11.3. The Balaban J connectivity index is 1.77. The van der Waals surface area contributed by atoms with Gasteiger partial charge in [-0.1, -0.05) is 47.5 Å². The lowest BCUT2D eigenvalue weighted by atomic mass is 9.99. The number of rotatable bonds is 4. The smallest absolute Gasteiger partial charge is 0.362 e. The van der Waals surface area contributed by atoms with Gasteiger partial charge in [-0.25, -0.2) is 15.0 Å². The molecule has 0 spiro atoms. The lowest BCUT2D eigenvalue weighted by Gasteiger charge is -2.31. The number of nitrogens with zero attached hydrogens (tertiary/aromatic N) is 4. The zero-order valence-corrected chi connectivity index (χ0v) is 19.0. The van der Waals surface area contributed by atoms with Crippen molar-refractivity contribution in [3.05, 3.63) is 46.1 Å². The molecule has 0 saturated carbocycles. The van der Waals surface area contributed by atoms with Crippen LogP contribution in [0.2, 0.25) is 10.2 Å². The van der Waals surface area contributed by atoms with E-state index in [1.165, 1.54) is 23.5 Å². The highest BCUT2D eigenvalue weighted by Crippen LogP contribution is 2.44. The molecule has 5 nitrogen and oxygen atoms in total. The lowest BCUT2D eigenvalue weighted by molar-refractivity contribution is -0.137. The quantitative estimate of drug-likeness (QED) is 0.304. The van der Waals surface area contributed by atoms with Gasteiger partial charge in [-0.05, 0) is 30.9 Å². The fraction of sp³-hybridized carbons (Fsp3) is 0.350. The molecule has 170 valence electrons. The number of thiazole rings is 1. The number of nitrogens with one attached hydrogen (secondary N) is 1. The highest BCUT2D eigenvalue weighted by atomic mass is 35.5. The van der Waals surface area contributed by atoms with Crippen molar-refractivity contribution in [2.24, 2.45) is 5.92 Å². The van der Waals surface area contributed by atoms with Gasteiger partial charge in [0.1, 0.15) is 17.0 Å². The van der Waals surface area contributed by atoms with Gasteiger partial charge in [0.15, 0.2) is 16.1 Å². The van der Waals surface area contributed by atoms with E-state index in [1.54, 1.807) is 0 Å². The highest BCUT2D eigenvalue weighted by molar-refractivity contribution is 7.20. The summed E-state index contributed by atoms with van der Waals surface area (Å²) in [5.74, 6) is -0.453. The monoisotopic (exact) mass is 505 g/mol. The molecule has 0 atom stereocenters. The second-order valence-electron chi connectivity index (χ2n) is 7.49. The molecule has 2 aromatic heterocycles. The molecule has 3 heterocycles. The summed E-state index contributed by atoms with van der Waals surface area (Å²) in [5.41, 5.74) is -0.318. The number of anilines is 3. The average molecular weight is 506 g/mol. The zero-order valence-electron chi connectivity index (χ0n) is 16.7. The second kappa shape index (κ2) is 8.99. The maximum absolute atomic E-state index is 14.3. The summed E-state index contributed by atoms with van der Waals surface area (Å²) < 4.78 is 54.5. The molecule has 1 aromatic carbocycles. The summed E-state index contributed by atoms with van der Waals surface area (Å²) in [6, 6.07) is 3.69. The van der Waals surface area contributed by atoms with E-state index in [1.807, 2.05) is 0 Å². The normalized spacial score (nSPS) is 15.3. The summed E-state index contributed by atoms with van der Waals surface area (Å²) in [7, 11) is 0. The minimum Gasteiger partial charge on any atom is -0.362 e. The van der Waals surface area contributed by atoms with Crippen molar-refractivity contribution in [1.29, 1.82) is 0 Å². The van der Waals surface area contributed by atoms with Gasteiger partial charge in [-0.2, -0.15) is 17.6 Å². The van der Waals surface area contributed by atoms with Gasteiger partial charge in [-0.15, -0.1) is 0 Å². The van der Waals surface area contributed by atoms with Crippen LogP contribution in [0, 0.1) is 11.7 Å². The standard InChI is InChI=1S/C20H17Cl2F4N5S/c1-10-4-6-31(7-5-10)18-15(11-2-3-13(21)12(8-11)20(24,25)26)29-19(32-18)30-17-14(23)16(22)27-9-28-17/h2-3,8-10H,4-7H2,1H3,(H,27,28,29,30). The maximum atomic E-state index is 14.3. The van der Waals surface area contributed by atoms with E-state index in [-0.39, 0.29) is 26.7 Å².